The lowest BCUT2D eigenvalue weighted by Gasteiger charge is -2.08. The Morgan fingerprint density at radius 2 is 2.19 bits per heavy atom. The predicted molar refractivity (Wildman–Crippen MR) is 59.7 cm³/mol. The first kappa shape index (κ1) is 12.1. The minimum Gasteiger partial charge on any atom is -0.504 e. The van der Waals surface area contributed by atoms with Crippen molar-refractivity contribution in [2.24, 2.45) is 0 Å². The van der Waals surface area contributed by atoms with Crippen molar-refractivity contribution < 1.29 is 19.4 Å². The maximum atomic E-state index is 11.2. The standard InChI is InChI=1S/C12H14O4/c1-4-15-11-7-9(5-6-10(11)13)16-12(14)8(2)3/h5-7,13H,2,4H2,1,3H3. The summed E-state index contributed by atoms with van der Waals surface area (Å²) in [7, 11) is 0. The van der Waals surface area contributed by atoms with E-state index in [1.165, 1.54) is 18.2 Å². The SMILES string of the molecule is C=C(C)C(=O)Oc1ccc(O)c(OCC)c1. The number of phenolic OH excluding ortho intramolecular Hbond substituents is 1. The van der Waals surface area contributed by atoms with E-state index in [-0.39, 0.29) is 11.5 Å². The number of rotatable bonds is 4. The van der Waals surface area contributed by atoms with Crippen LogP contribution in [0.3, 0.4) is 0 Å². The zero-order valence-electron chi connectivity index (χ0n) is 9.32. The third kappa shape index (κ3) is 3.02. The van der Waals surface area contributed by atoms with Crippen LogP contribution in [0.4, 0.5) is 0 Å². The Labute approximate surface area is 94.1 Å². The van der Waals surface area contributed by atoms with E-state index in [4.69, 9.17) is 9.47 Å². The zero-order valence-corrected chi connectivity index (χ0v) is 9.32. The van der Waals surface area contributed by atoms with Gasteiger partial charge in [0, 0.05) is 11.6 Å². The van der Waals surface area contributed by atoms with Gasteiger partial charge in [-0.2, -0.15) is 0 Å². The van der Waals surface area contributed by atoms with E-state index in [9.17, 15) is 9.90 Å². The van der Waals surface area contributed by atoms with Gasteiger partial charge in [0.15, 0.2) is 11.5 Å². The molecular formula is C12H14O4. The average Bonchev–Trinajstić information content (AvgIpc) is 2.23. The van der Waals surface area contributed by atoms with Crippen LogP contribution in [-0.2, 0) is 4.79 Å². The molecule has 4 nitrogen and oxygen atoms in total. The topological polar surface area (TPSA) is 55.8 Å². The number of aromatic hydroxyl groups is 1. The molecule has 0 spiro atoms. The van der Waals surface area contributed by atoms with Gasteiger partial charge in [0.05, 0.1) is 6.61 Å². The number of hydrogen-bond acceptors (Lipinski definition) is 4. The average molecular weight is 222 g/mol. The van der Waals surface area contributed by atoms with E-state index in [2.05, 4.69) is 6.58 Å². The molecule has 0 aliphatic rings. The molecule has 1 rings (SSSR count). The van der Waals surface area contributed by atoms with Crippen molar-refractivity contribution in [1.82, 2.24) is 0 Å². The molecule has 1 aromatic rings. The van der Waals surface area contributed by atoms with Crippen molar-refractivity contribution in [3.8, 4) is 17.2 Å². The van der Waals surface area contributed by atoms with Crippen LogP contribution in [0.1, 0.15) is 13.8 Å². The maximum Gasteiger partial charge on any atom is 0.338 e. The van der Waals surface area contributed by atoms with Gasteiger partial charge in [-0.25, -0.2) is 4.79 Å². The highest BCUT2D eigenvalue weighted by Gasteiger charge is 2.08. The van der Waals surface area contributed by atoms with Crippen molar-refractivity contribution in [3.05, 3.63) is 30.4 Å². The first-order chi connectivity index (χ1) is 7.54. The number of benzene rings is 1. The lowest BCUT2D eigenvalue weighted by molar-refractivity contribution is -0.130. The number of hydrogen-bond donors (Lipinski definition) is 1. The van der Waals surface area contributed by atoms with Crippen molar-refractivity contribution >= 4 is 5.97 Å². The van der Waals surface area contributed by atoms with Gasteiger partial charge in [-0.05, 0) is 26.0 Å². The minimum absolute atomic E-state index is 0.0111. The largest absolute Gasteiger partial charge is 0.504 e. The van der Waals surface area contributed by atoms with Gasteiger partial charge in [0.2, 0.25) is 0 Å². The second-order valence-corrected chi connectivity index (χ2v) is 3.23. The fourth-order valence-corrected chi connectivity index (χ4v) is 1.02. The summed E-state index contributed by atoms with van der Waals surface area (Å²) in [5, 5.41) is 9.43. The van der Waals surface area contributed by atoms with E-state index in [1.54, 1.807) is 13.8 Å². The number of phenols is 1. The summed E-state index contributed by atoms with van der Waals surface area (Å²) in [6, 6.07) is 4.35. The fourth-order valence-electron chi connectivity index (χ4n) is 1.02. The maximum absolute atomic E-state index is 11.2. The molecule has 0 bridgehead atoms. The lowest BCUT2D eigenvalue weighted by atomic mass is 10.3. The molecule has 0 atom stereocenters. The summed E-state index contributed by atoms with van der Waals surface area (Å²) in [6.07, 6.45) is 0. The molecule has 4 heteroatoms. The highest BCUT2D eigenvalue weighted by Crippen LogP contribution is 2.30. The molecule has 0 radical (unpaired) electrons. The fraction of sp³-hybridized carbons (Fsp3) is 0.250. The van der Waals surface area contributed by atoms with E-state index >= 15 is 0 Å². The Kier molecular flexibility index (Phi) is 3.94. The number of esters is 1. The van der Waals surface area contributed by atoms with Crippen molar-refractivity contribution in [1.29, 1.82) is 0 Å². The van der Waals surface area contributed by atoms with E-state index in [1.807, 2.05) is 0 Å². The zero-order chi connectivity index (χ0) is 12.1. The summed E-state index contributed by atoms with van der Waals surface area (Å²) in [4.78, 5) is 11.2. The van der Waals surface area contributed by atoms with Gasteiger partial charge in [0.1, 0.15) is 5.75 Å². The summed E-state index contributed by atoms with van der Waals surface area (Å²) in [5.41, 5.74) is 0.311. The first-order valence-corrected chi connectivity index (χ1v) is 4.88. The third-order valence-electron chi connectivity index (χ3n) is 1.79. The summed E-state index contributed by atoms with van der Waals surface area (Å²) in [5.74, 6) is 0.105. The third-order valence-corrected chi connectivity index (χ3v) is 1.79. The molecule has 0 amide bonds. The molecule has 0 aromatic heterocycles. The molecule has 16 heavy (non-hydrogen) atoms. The van der Waals surface area contributed by atoms with Gasteiger partial charge in [0.25, 0.3) is 0 Å². The van der Waals surface area contributed by atoms with E-state index in [0.29, 0.717) is 17.9 Å². The number of carbonyl (C=O) groups excluding carboxylic acids is 1. The monoisotopic (exact) mass is 222 g/mol. The molecular weight excluding hydrogens is 208 g/mol. The normalized spacial score (nSPS) is 9.62. The second kappa shape index (κ2) is 5.21. The summed E-state index contributed by atoms with van der Waals surface area (Å²) >= 11 is 0. The molecule has 0 saturated carbocycles. The van der Waals surface area contributed by atoms with Gasteiger partial charge < -0.3 is 14.6 Å². The Bertz CT molecular complexity index is 409. The van der Waals surface area contributed by atoms with Gasteiger partial charge in [-0.1, -0.05) is 6.58 Å². The van der Waals surface area contributed by atoms with Crippen LogP contribution in [-0.4, -0.2) is 17.7 Å². The van der Waals surface area contributed by atoms with Crippen LogP contribution in [0.2, 0.25) is 0 Å². The Balaban J connectivity index is 2.86. The molecule has 1 N–H and O–H groups in total. The molecule has 0 aliphatic carbocycles. The van der Waals surface area contributed by atoms with E-state index in [0.717, 1.165) is 0 Å². The molecule has 86 valence electrons. The highest BCUT2D eigenvalue weighted by molar-refractivity contribution is 5.88. The second-order valence-electron chi connectivity index (χ2n) is 3.23. The number of ether oxygens (including phenoxy) is 2. The van der Waals surface area contributed by atoms with Gasteiger partial charge in [-0.15, -0.1) is 0 Å². The molecule has 0 aliphatic heterocycles. The Hall–Kier alpha value is -1.97. The molecule has 0 fully saturated rings. The van der Waals surface area contributed by atoms with Crippen LogP contribution < -0.4 is 9.47 Å². The minimum atomic E-state index is -0.506. The lowest BCUT2D eigenvalue weighted by Crippen LogP contribution is -2.08. The Morgan fingerprint density at radius 1 is 1.50 bits per heavy atom. The quantitative estimate of drug-likeness (QED) is 0.482. The van der Waals surface area contributed by atoms with Crippen LogP contribution in [0, 0.1) is 0 Å². The highest BCUT2D eigenvalue weighted by atomic mass is 16.5. The smallest absolute Gasteiger partial charge is 0.338 e. The van der Waals surface area contributed by atoms with Crippen molar-refractivity contribution in [3.63, 3.8) is 0 Å². The molecule has 0 heterocycles. The van der Waals surface area contributed by atoms with Crippen LogP contribution in [0.25, 0.3) is 0 Å². The first-order valence-electron chi connectivity index (χ1n) is 4.88. The van der Waals surface area contributed by atoms with E-state index < -0.39 is 5.97 Å². The van der Waals surface area contributed by atoms with Crippen molar-refractivity contribution in [2.45, 2.75) is 13.8 Å². The van der Waals surface area contributed by atoms with Crippen LogP contribution in [0.5, 0.6) is 17.2 Å². The summed E-state index contributed by atoms with van der Waals surface area (Å²) in [6.45, 7) is 7.25. The molecule has 1 aromatic carbocycles. The molecule has 0 saturated heterocycles. The summed E-state index contributed by atoms with van der Waals surface area (Å²) < 4.78 is 10.1. The van der Waals surface area contributed by atoms with Crippen LogP contribution >= 0.6 is 0 Å². The van der Waals surface area contributed by atoms with Crippen molar-refractivity contribution in [2.75, 3.05) is 6.61 Å². The molecule has 0 unspecified atom stereocenters. The Morgan fingerprint density at radius 3 is 2.75 bits per heavy atom. The van der Waals surface area contributed by atoms with Gasteiger partial charge >= 0.3 is 5.97 Å². The van der Waals surface area contributed by atoms with Crippen LogP contribution in [0.15, 0.2) is 30.4 Å². The predicted octanol–water partition coefficient (Wildman–Crippen LogP) is 2.27. The number of carbonyl (C=O) groups is 1. The van der Waals surface area contributed by atoms with Gasteiger partial charge in [-0.3, -0.25) is 0 Å².